The normalized spacial score (nSPS) is 14.9. The molecular weight excluding hydrogens is 379 g/mol. The van der Waals surface area contributed by atoms with Gasteiger partial charge in [-0.05, 0) is 31.0 Å². The molecule has 8 heteroatoms. The summed E-state index contributed by atoms with van der Waals surface area (Å²) in [6.45, 7) is 0.767. The number of carbonyl (C=O) groups is 3. The van der Waals surface area contributed by atoms with Crippen molar-refractivity contribution in [3.63, 3.8) is 0 Å². The first kappa shape index (κ1) is 20.5. The predicted octanol–water partition coefficient (Wildman–Crippen LogP) is 3.06. The highest BCUT2D eigenvalue weighted by molar-refractivity contribution is 6.42. The number of nitrogens with zero attached hydrogens (tertiary/aromatic N) is 1. The number of hydrogen-bond acceptors (Lipinski definition) is 4. The third kappa shape index (κ3) is 6.50. The van der Waals surface area contributed by atoms with Gasteiger partial charge in [-0.1, -0.05) is 42.5 Å². The molecule has 0 unspecified atom stereocenters. The molecule has 0 bridgehead atoms. The predicted molar refractivity (Wildman–Crippen MR) is 99.4 cm³/mol. The maximum absolute atomic E-state index is 12.1. The van der Waals surface area contributed by atoms with Crippen molar-refractivity contribution in [2.45, 2.75) is 32.1 Å². The van der Waals surface area contributed by atoms with Gasteiger partial charge in [0.1, 0.15) is 6.54 Å². The Morgan fingerprint density at radius 3 is 2.31 bits per heavy atom. The van der Waals surface area contributed by atoms with Crippen LogP contribution in [0.15, 0.2) is 18.2 Å². The molecule has 1 fully saturated rings. The molecule has 1 saturated heterocycles. The summed E-state index contributed by atoms with van der Waals surface area (Å²) in [6, 6.07) is 4.41. The van der Waals surface area contributed by atoms with Crippen molar-refractivity contribution in [2.75, 3.05) is 26.2 Å². The monoisotopic (exact) mass is 400 g/mol. The zero-order chi connectivity index (χ0) is 18.9. The Hall–Kier alpha value is -1.79. The lowest BCUT2D eigenvalue weighted by atomic mass is 10.1. The van der Waals surface area contributed by atoms with Crippen LogP contribution in [0, 0.1) is 0 Å². The number of halogens is 2. The summed E-state index contributed by atoms with van der Waals surface area (Å²) in [5.74, 6) is -1.34. The molecular formula is C18H22Cl2N2O4. The van der Waals surface area contributed by atoms with Crippen LogP contribution in [0.4, 0.5) is 0 Å². The number of amides is 2. The fourth-order valence-electron chi connectivity index (χ4n) is 2.67. The Bertz CT molecular complexity index is 659. The molecule has 0 saturated carbocycles. The van der Waals surface area contributed by atoms with Crippen molar-refractivity contribution < 1.29 is 19.1 Å². The van der Waals surface area contributed by atoms with Gasteiger partial charge in [-0.2, -0.15) is 0 Å². The Balaban J connectivity index is 1.73. The summed E-state index contributed by atoms with van der Waals surface area (Å²) in [5, 5.41) is 3.02. The van der Waals surface area contributed by atoms with Crippen LogP contribution in [0.25, 0.3) is 0 Å². The highest BCUT2D eigenvalue weighted by Crippen LogP contribution is 2.22. The minimum Gasteiger partial charge on any atom is -0.454 e. The fraction of sp³-hybridized carbons (Fsp3) is 0.500. The van der Waals surface area contributed by atoms with Gasteiger partial charge in [-0.3, -0.25) is 14.4 Å². The van der Waals surface area contributed by atoms with Crippen molar-refractivity contribution >= 4 is 41.0 Å². The molecule has 1 heterocycles. The summed E-state index contributed by atoms with van der Waals surface area (Å²) in [4.78, 5) is 37.6. The molecule has 6 nitrogen and oxygen atoms in total. The van der Waals surface area contributed by atoms with E-state index in [1.807, 2.05) is 0 Å². The van der Waals surface area contributed by atoms with E-state index < -0.39 is 11.9 Å². The van der Waals surface area contributed by atoms with Crippen LogP contribution < -0.4 is 5.32 Å². The number of ether oxygens (including phenoxy) is 1. The van der Waals surface area contributed by atoms with E-state index in [1.165, 1.54) is 24.6 Å². The van der Waals surface area contributed by atoms with Crippen molar-refractivity contribution in [2.24, 2.45) is 0 Å². The average Bonchev–Trinajstić information content (AvgIpc) is 2.59. The van der Waals surface area contributed by atoms with Gasteiger partial charge < -0.3 is 15.0 Å². The molecule has 26 heavy (non-hydrogen) atoms. The molecule has 1 N–H and O–H groups in total. The van der Waals surface area contributed by atoms with Gasteiger partial charge in [0.05, 0.1) is 10.0 Å². The number of nitrogens with one attached hydrogen (secondary N) is 1. The molecule has 1 aliphatic rings. The fourth-order valence-corrected chi connectivity index (χ4v) is 2.97. The summed E-state index contributed by atoms with van der Waals surface area (Å²) in [7, 11) is 0. The molecule has 0 aliphatic carbocycles. The largest absolute Gasteiger partial charge is 0.454 e. The highest BCUT2D eigenvalue weighted by Gasteiger charge is 2.17. The van der Waals surface area contributed by atoms with E-state index in [1.54, 1.807) is 4.90 Å². The lowest BCUT2D eigenvalue weighted by molar-refractivity contribution is -0.151. The van der Waals surface area contributed by atoms with Crippen LogP contribution in [0.5, 0.6) is 0 Å². The molecule has 1 aromatic rings. The van der Waals surface area contributed by atoms with Crippen LogP contribution in [0.3, 0.4) is 0 Å². The van der Waals surface area contributed by atoms with Gasteiger partial charge in [-0.15, -0.1) is 0 Å². The zero-order valence-corrected chi connectivity index (χ0v) is 15.9. The first-order valence-corrected chi connectivity index (χ1v) is 9.39. The molecule has 2 rings (SSSR count). The minimum atomic E-state index is -0.668. The molecule has 2 amide bonds. The van der Waals surface area contributed by atoms with E-state index in [0.29, 0.717) is 18.1 Å². The first-order chi connectivity index (χ1) is 12.5. The second-order valence-electron chi connectivity index (χ2n) is 6.12. The smallest absolute Gasteiger partial charge is 0.325 e. The topological polar surface area (TPSA) is 75.7 Å². The summed E-state index contributed by atoms with van der Waals surface area (Å²) < 4.78 is 4.97. The minimum absolute atomic E-state index is 0.198. The summed E-state index contributed by atoms with van der Waals surface area (Å²) >= 11 is 11.6. The zero-order valence-electron chi connectivity index (χ0n) is 14.4. The standard InChI is InChI=1S/C18H22Cl2N2O4/c19-14-7-6-13(10-15(14)20)18(25)21-11-17(24)26-12-16(23)22-8-4-2-1-3-5-9-22/h6-7,10H,1-5,8-9,11-12H2,(H,21,25). The van der Waals surface area contributed by atoms with Gasteiger partial charge >= 0.3 is 5.97 Å². The molecule has 0 aromatic heterocycles. The number of hydrogen-bond donors (Lipinski definition) is 1. The lowest BCUT2D eigenvalue weighted by Gasteiger charge is -2.24. The van der Waals surface area contributed by atoms with Gasteiger partial charge in [0, 0.05) is 18.7 Å². The van der Waals surface area contributed by atoms with Crippen LogP contribution in [0.2, 0.25) is 10.0 Å². The van der Waals surface area contributed by atoms with Crippen molar-refractivity contribution in [3.8, 4) is 0 Å². The van der Waals surface area contributed by atoms with Crippen molar-refractivity contribution in [1.29, 1.82) is 0 Å². The second kappa shape index (κ2) is 10.4. The van der Waals surface area contributed by atoms with Crippen LogP contribution in [-0.2, 0) is 14.3 Å². The molecule has 0 spiro atoms. The number of rotatable bonds is 5. The van der Waals surface area contributed by atoms with E-state index in [9.17, 15) is 14.4 Å². The van der Waals surface area contributed by atoms with E-state index in [-0.39, 0.29) is 29.6 Å². The van der Waals surface area contributed by atoms with Crippen molar-refractivity contribution in [1.82, 2.24) is 10.2 Å². The Labute approximate surface area is 162 Å². The quantitative estimate of drug-likeness (QED) is 0.770. The SMILES string of the molecule is O=C(CNC(=O)c1ccc(Cl)c(Cl)c1)OCC(=O)N1CCCCCCC1. The van der Waals surface area contributed by atoms with Gasteiger partial charge in [0.2, 0.25) is 0 Å². The number of likely N-dealkylation sites (tertiary alicyclic amines) is 1. The second-order valence-corrected chi connectivity index (χ2v) is 6.94. The van der Waals surface area contributed by atoms with Crippen molar-refractivity contribution in [3.05, 3.63) is 33.8 Å². The number of esters is 1. The third-order valence-electron chi connectivity index (χ3n) is 4.14. The Kier molecular flexibility index (Phi) is 8.19. The maximum atomic E-state index is 12.1. The number of benzene rings is 1. The molecule has 1 aliphatic heterocycles. The summed E-state index contributed by atoms with van der Waals surface area (Å²) in [5.41, 5.74) is 0.281. The van der Waals surface area contributed by atoms with Crippen LogP contribution >= 0.6 is 23.2 Å². The van der Waals surface area contributed by atoms with Gasteiger partial charge in [-0.25, -0.2) is 0 Å². The van der Waals surface area contributed by atoms with Crippen LogP contribution in [-0.4, -0.2) is 48.9 Å². The Morgan fingerprint density at radius 1 is 1.00 bits per heavy atom. The lowest BCUT2D eigenvalue weighted by Crippen LogP contribution is -2.38. The van der Waals surface area contributed by atoms with E-state index in [4.69, 9.17) is 27.9 Å². The summed E-state index contributed by atoms with van der Waals surface area (Å²) in [6.07, 6.45) is 5.38. The average molecular weight is 401 g/mol. The van der Waals surface area contributed by atoms with E-state index >= 15 is 0 Å². The maximum Gasteiger partial charge on any atom is 0.325 e. The molecule has 142 valence electrons. The number of carbonyl (C=O) groups excluding carboxylic acids is 3. The highest BCUT2D eigenvalue weighted by atomic mass is 35.5. The third-order valence-corrected chi connectivity index (χ3v) is 4.88. The van der Waals surface area contributed by atoms with E-state index in [2.05, 4.69) is 5.32 Å². The van der Waals surface area contributed by atoms with Crippen LogP contribution in [0.1, 0.15) is 42.5 Å². The Morgan fingerprint density at radius 2 is 1.65 bits per heavy atom. The van der Waals surface area contributed by atoms with E-state index in [0.717, 1.165) is 25.7 Å². The van der Waals surface area contributed by atoms with Gasteiger partial charge in [0.25, 0.3) is 11.8 Å². The molecule has 0 atom stereocenters. The first-order valence-electron chi connectivity index (χ1n) is 8.64. The molecule has 1 aromatic carbocycles. The molecule has 0 radical (unpaired) electrons. The van der Waals surface area contributed by atoms with Gasteiger partial charge in [0.15, 0.2) is 6.61 Å².